The smallest absolute Gasteiger partial charge is 0.417 e. The van der Waals surface area contributed by atoms with Crippen molar-refractivity contribution in [2.45, 2.75) is 27.1 Å². The van der Waals surface area contributed by atoms with Gasteiger partial charge in [-0.3, -0.25) is 4.90 Å². The molecule has 13 nitrogen and oxygen atoms in total. The van der Waals surface area contributed by atoms with Crippen LogP contribution in [0.1, 0.15) is 17.0 Å². The van der Waals surface area contributed by atoms with Crippen molar-refractivity contribution in [3.8, 4) is 33.8 Å². The summed E-state index contributed by atoms with van der Waals surface area (Å²) in [4.78, 5) is 36.9. The molecule has 5 heterocycles. The number of fused-ring (bicyclic) bond motifs is 4. The molecule has 222 valence electrons. The zero-order chi connectivity index (χ0) is 30.5. The molecule has 0 radical (unpaired) electrons. The van der Waals surface area contributed by atoms with Gasteiger partial charge in [0.15, 0.2) is 23.9 Å². The van der Waals surface area contributed by atoms with Gasteiger partial charge in [-0.05, 0) is 62.2 Å². The largest absolute Gasteiger partial charge is 0.480 e. The van der Waals surface area contributed by atoms with E-state index >= 15 is 0 Å². The number of rotatable bonds is 5. The second-order valence-electron chi connectivity index (χ2n) is 10.2. The van der Waals surface area contributed by atoms with E-state index in [-0.39, 0.29) is 6.61 Å². The third kappa shape index (κ3) is 4.88. The Morgan fingerprint density at radius 1 is 1.07 bits per heavy atom. The maximum atomic E-state index is 13.0. The molecule has 44 heavy (non-hydrogen) atoms. The number of ether oxygens (including phenoxy) is 4. The second-order valence-corrected chi connectivity index (χ2v) is 11.2. The molecule has 1 aliphatic heterocycles. The van der Waals surface area contributed by atoms with Gasteiger partial charge in [0.1, 0.15) is 21.9 Å². The molecule has 0 spiro atoms. The van der Waals surface area contributed by atoms with E-state index in [2.05, 4.69) is 25.0 Å². The predicted octanol–water partition coefficient (Wildman–Crippen LogP) is 5.19. The topological polar surface area (TPSA) is 140 Å². The van der Waals surface area contributed by atoms with Crippen LogP contribution in [0.2, 0.25) is 0 Å². The first-order chi connectivity index (χ1) is 21.3. The van der Waals surface area contributed by atoms with E-state index in [0.717, 1.165) is 42.9 Å². The highest BCUT2D eigenvalue weighted by Crippen LogP contribution is 2.46. The van der Waals surface area contributed by atoms with Crippen molar-refractivity contribution < 1.29 is 23.7 Å². The highest BCUT2D eigenvalue weighted by molar-refractivity contribution is 7.22. The molecule has 0 saturated carbocycles. The number of aromatic nitrogens is 7. The van der Waals surface area contributed by atoms with E-state index in [4.69, 9.17) is 23.9 Å². The quantitative estimate of drug-likeness (QED) is 0.255. The van der Waals surface area contributed by atoms with Gasteiger partial charge >= 0.3 is 6.09 Å². The number of aryl methyl sites for hydroxylation is 3. The molecule has 14 heteroatoms. The molecule has 0 bridgehead atoms. The fraction of sp³-hybridized carbons (Fsp3) is 0.233. The molecule has 0 aliphatic carbocycles. The number of pyridine rings is 1. The monoisotopic (exact) mass is 610 g/mol. The van der Waals surface area contributed by atoms with Crippen LogP contribution in [0.15, 0.2) is 49.1 Å². The maximum Gasteiger partial charge on any atom is 0.417 e. The molecule has 1 amide bonds. The number of nitrogens with zero attached hydrogens (tertiary/aromatic N) is 8. The van der Waals surface area contributed by atoms with Crippen LogP contribution < -0.4 is 19.1 Å². The third-order valence-corrected chi connectivity index (χ3v) is 8.16. The first-order valence-corrected chi connectivity index (χ1v) is 14.4. The average molecular weight is 611 g/mol. The van der Waals surface area contributed by atoms with E-state index < -0.39 is 12.4 Å². The number of thiazole rings is 1. The lowest BCUT2D eigenvalue weighted by Crippen LogP contribution is -2.38. The third-order valence-electron chi connectivity index (χ3n) is 7.08. The zero-order valence-electron chi connectivity index (χ0n) is 24.4. The number of hydrogen-bond acceptors (Lipinski definition) is 12. The number of benzene rings is 2. The van der Waals surface area contributed by atoms with E-state index in [1.165, 1.54) is 16.2 Å². The molecular weight excluding hydrogens is 584 g/mol. The van der Waals surface area contributed by atoms with E-state index in [1.807, 2.05) is 32.0 Å². The lowest BCUT2D eigenvalue weighted by atomic mass is 10.1. The Balaban J connectivity index is 1.11. The SMILES string of the molecule is COc1cnc2c(-c3nc4c(C)cc5c(c4s3)OCC(OC(=O)N(C)c3ccc(-n4cnc(C)n4)nc3)O5)cc(C)cc2n1. The minimum Gasteiger partial charge on any atom is -0.480 e. The van der Waals surface area contributed by atoms with E-state index in [1.54, 1.807) is 56.6 Å². The fourth-order valence-corrected chi connectivity index (χ4v) is 6.03. The van der Waals surface area contributed by atoms with Crippen LogP contribution in [0.3, 0.4) is 0 Å². The number of methoxy groups -OCH3 is 1. The van der Waals surface area contributed by atoms with E-state index in [0.29, 0.717) is 34.7 Å². The second kappa shape index (κ2) is 10.7. The number of amides is 1. The molecule has 4 aromatic heterocycles. The van der Waals surface area contributed by atoms with Gasteiger partial charge in [-0.25, -0.2) is 34.4 Å². The summed E-state index contributed by atoms with van der Waals surface area (Å²) in [5, 5.41) is 5.02. The number of carbonyl (C=O) groups excluding carboxylic acids is 1. The minimum absolute atomic E-state index is 0.0134. The summed E-state index contributed by atoms with van der Waals surface area (Å²) in [6.07, 6.45) is 3.17. The van der Waals surface area contributed by atoms with Crippen LogP contribution in [0.4, 0.5) is 10.5 Å². The lowest BCUT2D eigenvalue weighted by Gasteiger charge is -2.28. The molecule has 2 aromatic carbocycles. The number of hydrogen-bond donors (Lipinski definition) is 0. The Kier molecular flexibility index (Phi) is 6.69. The lowest BCUT2D eigenvalue weighted by molar-refractivity contribution is -0.0718. The van der Waals surface area contributed by atoms with Gasteiger partial charge in [-0.1, -0.05) is 0 Å². The molecule has 0 N–H and O–H groups in total. The number of anilines is 1. The Bertz CT molecular complexity index is 2060. The van der Waals surface area contributed by atoms with Crippen LogP contribution in [0.5, 0.6) is 17.4 Å². The Morgan fingerprint density at radius 3 is 2.68 bits per heavy atom. The van der Waals surface area contributed by atoms with Gasteiger partial charge in [-0.2, -0.15) is 5.10 Å². The van der Waals surface area contributed by atoms with Crippen molar-refractivity contribution in [1.82, 2.24) is 34.7 Å². The molecule has 6 aromatic rings. The van der Waals surface area contributed by atoms with Gasteiger partial charge in [-0.15, -0.1) is 11.3 Å². The van der Waals surface area contributed by atoms with Crippen molar-refractivity contribution in [2.24, 2.45) is 0 Å². The van der Waals surface area contributed by atoms with Crippen molar-refractivity contribution >= 4 is 44.4 Å². The Hall–Kier alpha value is -5.37. The Labute approximate surface area is 255 Å². The molecule has 0 fully saturated rings. The van der Waals surface area contributed by atoms with Gasteiger partial charge in [0.25, 0.3) is 6.29 Å². The summed E-state index contributed by atoms with van der Waals surface area (Å²) in [7, 11) is 3.16. The van der Waals surface area contributed by atoms with Crippen LogP contribution in [-0.2, 0) is 4.74 Å². The van der Waals surface area contributed by atoms with E-state index in [9.17, 15) is 4.79 Å². The maximum absolute atomic E-state index is 13.0. The van der Waals surface area contributed by atoms with Crippen LogP contribution in [-0.4, -0.2) is 67.8 Å². The first kappa shape index (κ1) is 27.5. The summed E-state index contributed by atoms with van der Waals surface area (Å²) in [6, 6.07) is 9.35. The molecule has 1 unspecified atom stereocenters. The normalized spacial score (nSPS) is 14.2. The molecule has 0 saturated heterocycles. The van der Waals surface area contributed by atoms with Crippen molar-refractivity contribution in [3.05, 3.63) is 66.0 Å². The molecule has 1 aliphatic rings. The van der Waals surface area contributed by atoms with Gasteiger partial charge in [0.05, 0.1) is 41.7 Å². The van der Waals surface area contributed by atoms with Gasteiger partial charge < -0.3 is 18.9 Å². The van der Waals surface area contributed by atoms with Crippen LogP contribution >= 0.6 is 11.3 Å². The fourth-order valence-electron chi connectivity index (χ4n) is 4.88. The van der Waals surface area contributed by atoms with Crippen molar-refractivity contribution in [3.63, 3.8) is 0 Å². The van der Waals surface area contributed by atoms with Crippen molar-refractivity contribution in [1.29, 1.82) is 0 Å². The summed E-state index contributed by atoms with van der Waals surface area (Å²) >= 11 is 1.48. The highest BCUT2D eigenvalue weighted by atomic mass is 32.1. The average Bonchev–Trinajstić information content (AvgIpc) is 3.67. The minimum atomic E-state index is -0.946. The Morgan fingerprint density at radius 2 is 1.93 bits per heavy atom. The standard InChI is InChI=1S/C30H26N8O5S/c1-15-8-19(26-20(9-15)34-23(40-5)12-32-26)29-35-25-16(2)10-21-27(28(25)44-29)41-13-24(42-21)43-30(39)37(4)18-6-7-22(31-11-18)38-14-33-17(3)36-38/h6-12,14,24H,13H2,1-5H3. The van der Waals surface area contributed by atoms with Crippen LogP contribution in [0, 0.1) is 20.8 Å². The van der Waals surface area contributed by atoms with Crippen LogP contribution in [0.25, 0.3) is 37.6 Å². The summed E-state index contributed by atoms with van der Waals surface area (Å²) in [5.74, 6) is 2.69. The van der Waals surface area contributed by atoms with Gasteiger partial charge in [0.2, 0.25) is 5.88 Å². The molecular formula is C30H26N8O5S. The summed E-state index contributed by atoms with van der Waals surface area (Å²) < 4.78 is 25.5. The number of carbonyl (C=O) groups is 1. The molecule has 7 rings (SSSR count). The van der Waals surface area contributed by atoms with Crippen molar-refractivity contribution in [2.75, 3.05) is 25.7 Å². The zero-order valence-corrected chi connectivity index (χ0v) is 25.2. The first-order valence-electron chi connectivity index (χ1n) is 13.6. The van der Waals surface area contributed by atoms with Gasteiger partial charge in [0, 0.05) is 12.6 Å². The summed E-state index contributed by atoms with van der Waals surface area (Å²) in [5.41, 5.74) is 5.59. The highest BCUT2D eigenvalue weighted by Gasteiger charge is 2.30. The predicted molar refractivity (Wildman–Crippen MR) is 163 cm³/mol. The molecule has 1 atom stereocenters. The summed E-state index contributed by atoms with van der Waals surface area (Å²) in [6.45, 7) is 5.77.